The first kappa shape index (κ1) is 23.1. The fourth-order valence-corrected chi connectivity index (χ4v) is 2.44. The SMILES string of the molecule is COCCOc1ccc(NC(=O)NCc2cccc(C(=O)NCCN(C)C)c2)cn1. The second-order valence-corrected chi connectivity index (χ2v) is 6.79. The Hall–Kier alpha value is -3.17. The number of carbonyl (C=O) groups excluding carboxylic acids is 2. The fraction of sp³-hybridized carbons (Fsp3) is 0.381. The number of aromatic nitrogens is 1. The van der Waals surface area contributed by atoms with Gasteiger partial charge in [0.05, 0.1) is 18.5 Å². The molecule has 2 rings (SSSR count). The third-order valence-corrected chi connectivity index (χ3v) is 4.02. The minimum Gasteiger partial charge on any atom is -0.475 e. The van der Waals surface area contributed by atoms with Gasteiger partial charge in [-0.2, -0.15) is 0 Å². The summed E-state index contributed by atoms with van der Waals surface area (Å²) < 4.78 is 10.3. The quantitative estimate of drug-likeness (QED) is 0.483. The van der Waals surface area contributed by atoms with Crippen LogP contribution in [0.2, 0.25) is 0 Å². The normalized spacial score (nSPS) is 10.5. The van der Waals surface area contributed by atoms with Gasteiger partial charge in [-0.3, -0.25) is 4.79 Å². The first-order valence-corrected chi connectivity index (χ1v) is 9.62. The molecule has 0 spiro atoms. The molecule has 0 aliphatic carbocycles. The number of ether oxygens (including phenoxy) is 2. The van der Waals surface area contributed by atoms with Gasteiger partial charge in [-0.1, -0.05) is 12.1 Å². The molecule has 9 heteroatoms. The van der Waals surface area contributed by atoms with Gasteiger partial charge < -0.3 is 30.3 Å². The molecule has 3 N–H and O–H groups in total. The lowest BCUT2D eigenvalue weighted by Gasteiger charge is -2.11. The van der Waals surface area contributed by atoms with Crippen molar-refractivity contribution in [1.29, 1.82) is 0 Å². The van der Waals surface area contributed by atoms with Crippen LogP contribution >= 0.6 is 0 Å². The lowest BCUT2D eigenvalue weighted by atomic mass is 10.1. The number of nitrogens with zero attached hydrogens (tertiary/aromatic N) is 2. The Morgan fingerprint density at radius 3 is 2.63 bits per heavy atom. The third-order valence-electron chi connectivity index (χ3n) is 4.02. The molecule has 0 unspecified atom stereocenters. The Balaban J connectivity index is 1.79. The Morgan fingerprint density at radius 2 is 1.93 bits per heavy atom. The average Bonchev–Trinajstić information content (AvgIpc) is 2.73. The van der Waals surface area contributed by atoms with E-state index in [1.54, 1.807) is 37.4 Å². The summed E-state index contributed by atoms with van der Waals surface area (Å²) in [6, 6.07) is 10.2. The second kappa shape index (κ2) is 12.4. The van der Waals surface area contributed by atoms with Crippen LogP contribution in [0.5, 0.6) is 5.88 Å². The molecule has 0 aliphatic heterocycles. The maximum Gasteiger partial charge on any atom is 0.319 e. The van der Waals surface area contributed by atoms with Crippen molar-refractivity contribution >= 4 is 17.6 Å². The van der Waals surface area contributed by atoms with Gasteiger partial charge in [0, 0.05) is 38.4 Å². The lowest BCUT2D eigenvalue weighted by Crippen LogP contribution is -2.31. The summed E-state index contributed by atoms with van der Waals surface area (Å²) in [6.07, 6.45) is 1.51. The van der Waals surface area contributed by atoms with Crippen LogP contribution in [0.4, 0.5) is 10.5 Å². The van der Waals surface area contributed by atoms with Crippen LogP contribution in [0.25, 0.3) is 0 Å². The van der Waals surface area contributed by atoms with Gasteiger partial charge in [0.15, 0.2) is 0 Å². The molecule has 162 valence electrons. The van der Waals surface area contributed by atoms with Crippen molar-refractivity contribution in [3.05, 3.63) is 53.7 Å². The third kappa shape index (κ3) is 8.46. The van der Waals surface area contributed by atoms with Crippen molar-refractivity contribution in [2.75, 3.05) is 52.8 Å². The molecule has 0 fully saturated rings. The molecule has 1 heterocycles. The zero-order chi connectivity index (χ0) is 21.8. The van der Waals surface area contributed by atoms with Gasteiger partial charge in [-0.15, -0.1) is 0 Å². The van der Waals surface area contributed by atoms with E-state index >= 15 is 0 Å². The Morgan fingerprint density at radius 1 is 1.10 bits per heavy atom. The molecule has 30 heavy (non-hydrogen) atoms. The number of amides is 3. The lowest BCUT2D eigenvalue weighted by molar-refractivity contribution is 0.0951. The molecule has 2 aromatic rings. The number of benzene rings is 1. The van der Waals surface area contributed by atoms with E-state index in [1.807, 2.05) is 25.1 Å². The second-order valence-electron chi connectivity index (χ2n) is 6.79. The van der Waals surface area contributed by atoms with Gasteiger partial charge in [0.1, 0.15) is 6.61 Å². The fourth-order valence-electron chi connectivity index (χ4n) is 2.44. The van der Waals surface area contributed by atoms with E-state index in [0.29, 0.717) is 36.9 Å². The highest BCUT2D eigenvalue weighted by Gasteiger charge is 2.07. The summed E-state index contributed by atoms with van der Waals surface area (Å²) in [4.78, 5) is 30.5. The highest BCUT2D eigenvalue weighted by Crippen LogP contribution is 2.11. The smallest absolute Gasteiger partial charge is 0.319 e. The molecule has 1 aromatic carbocycles. The summed E-state index contributed by atoms with van der Waals surface area (Å²) >= 11 is 0. The molecule has 0 radical (unpaired) electrons. The van der Waals surface area contributed by atoms with Gasteiger partial charge in [0.25, 0.3) is 5.91 Å². The number of hydrogen-bond acceptors (Lipinski definition) is 6. The van der Waals surface area contributed by atoms with Crippen LogP contribution in [0.3, 0.4) is 0 Å². The maximum atomic E-state index is 12.2. The number of anilines is 1. The summed E-state index contributed by atoms with van der Waals surface area (Å²) in [7, 11) is 5.50. The first-order chi connectivity index (χ1) is 14.5. The van der Waals surface area contributed by atoms with Gasteiger partial charge >= 0.3 is 6.03 Å². The monoisotopic (exact) mass is 415 g/mol. The minimum atomic E-state index is -0.370. The molecule has 0 saturated heterocycles. The number of hydrogen-bond donors (Lipinski definition) is 3. The number of rotatable bonds is 11. The first-order valence-electron chi connectivity index (χ1n) is 9.62. The predicted molar refractivity (Wildman–Crippen MR) is 115 cm³/mol. The molecule has 9 nitrogen and oxygen atoms in total. The highest BCUT2D eigenvalue weighted by atomic mass is 16.5. The highest BCUT2D eigenvalue weighted by molar-refractivity contribution is 5.94. The van der Waals surface area contributed by atoms with Crippen molar-refractivity contribution < 1.29 is 19.1 Å². The molecular weight excluding hydrogens is 386 g/mol. The largest absolute Gasteiger partial charge is 0.475 e. The zero-order valence-electron chi connectivity index (χ0n) is 17.6. The van der Waals surface area contributed by atoms with Crippen LogP contribution < -0.4 is 20.7 Å². The number of pyridine rings is 1. The van der Waals surface area contributed by atoms with Crippen LogP contribution in [0.1, 0.15) is 15.9 Å². The van der Waals surface area contributed by atoms with Gasteiger partial charge in [-0.05, 0) is 37.9 Å². The number of urea groups is 1. The van der Waals surface area contributed by atoms with E-state index in [9.17, 15) is 9.59 Å². The van der Waals surface area contributed by atoms with Gasteiger partial charge in [-0.25, -0.2) is 9.78 Å². The van der Waals surface area contributed by atoms with Crippen LogP contribution in [-0.4, -0.2) is 69.3 Å². The number of methoxy groups -OCH3 is 1. The summed E-state index contributed by atoms with van der Waals surface area (Å²) in [6.45, 7) is 2.51. The Bertz CT molecular complexity index is 811. The van der Waals surface area contributed by atoms with Gasteiger partial charge in [0.2, 0.25) is 5.88 Å². The molecule has 1 aromatic heterocycles. The van der Waals surface area contributed by atoms with E-state index in [-0.39, 0.29) is 18.5 Å². The summed E-state index contributed by atoms with van der Waals surface area (Å²) in [5.41, 5.74) is 1.92. The molecule has 0 bridgehead atoms. The number of likely N-dealkylation sites (N-methyl/N-ethyl adjacent to an activating group) is 1. The molecule has 0 saturated carbocycles. The van der Waals surface area contributed by atoms with Crippen molar-refractivity contribution in [3.8, 4) is 5.88 Å². The molecule has 0 atom stereocenters. The molecule has 0 aliphatic rings. The topological polar surface area (TPSA) is 105 Å². The number of nitrogens with one attached hydrogen (secondary N) is 3. The van der Waals surface area contributed by atoms with E-state index in [2.05, 4.69) is 20.9 Å². The van der Waals surface area contributed by atoms with Crippen molar-refractivity contribution in [2.45, 2.75) is 6.54 Å². The zero-order valence-corrected chi connectivity index (χ0v) is 17.6. The predicted octanol–water partition coefficient (Wildman–Crippen LogP) is 1.72. The Labute approximate surface area is 176 Å². The Kier molecular flexibility index (Phi) is 9.56. The van der Waals surface area contributed by atoms with E-state index < -0.39 is 0 Å². The van der Waals surface area contributed by atoms with Crippen molar-refractivity contribution in [3.63, 3.8) is 0 Å². The van der Waals surface area contributed by atoms with E-state index in [0.717, 1.165) is 12.1 Å². The summed E-state index contributed by atoms with van der Waals surface area (Å²) in [5, 5.41) is 8.34. The van der Waals surface area contributed by atoms with Crippen LogP contribution in [0.15, 0.2) is 42.6 Å². The minimum absolute atomic E-state index is 0.137. The number of carbonyl (C=O) groups is 2. The maximum absolute atomic E-state index is 12.2. The van der Waals surface area contributed by atoms with E-state index in [4.69, 9.17) is 9.47 Å². The van der Waals surface area contributed by atoms with Crippen molar-refractivity contribution in [1.82, 2.24) is 20.5 Å². The van der Waals surface area contributed by atoms with E-state index in [1.165, 1.54) is 6.20 Å². The summed E-state index contributed by atoms with van der Waals surface area (Å²) in [5.74, 6) is 0.320. The van der Waals surface area contributed by atoms with Crippen molar-refractivity contribution in [2.24, 2.45) is 0 Å². The van der Waals surface area contributed by atoms with Crippen LogP contribution in [0, 0.1) is 0 Å². The standard InChI is InChI=1S/C21H29N5O4/c1-26(2)10-9-22-20(27)17-6-4-5-16(13-17)14-24-21(28)25-18-7-8-19(23-15-18)30-12-11-29-3/h4-8,13,15H,9-12,14H2,1-3H3,(H,22,27)(H2,24,25,28). The van der Waals surface area contributed by atoms with Crippen LogP contribution in [-0.2, 0) is 11.3 Å². The average molecular weight is 415 g/mol. The molecule has 3 amide bonds. The molecular formula is C21H29N5O4.